The average molecular weight is 209 g/mol. The van der Waals surface area contributed by atoms with Gasteiger partial charge in [-0.1, -0.05) is 41.2 Å². The van der Waals surface area contributed by atoms with E-state index in [1.54, 1.807) is 21.5 Å². The molecule has 1 heterocycles. The Balaban J connectivity index is 3.18. The lowest BCUT2D eigenvalue weighted by Crippen LogP contribution is -2.44. The Morgan fingerprint density at radius 1 is 0.769 bits per heavy atom. The van der Waals surface area contributed by atoms with Gasteiger partial charge in [0.2, 0.25) is 0 Å². The van der Waals surface area contributed by atoms with E-state index in [4.69, 9.17) is 0 Å². The Morgan fingerprint density at radius 3 is 1.23 bits per heavy atom. The molecule has 0 aromatic rings. The summed E-state index contributed by atoms with van der Waals surface area (Å²) < 4.78 is 0. The van der Waals surface area contributed by atoms with Gasteiger partial charge in [0.25, 0.3) is 0 Å². The second-order valence-electron chi connectivity index (χ2n) is 5.12. The molecular formula is C11H21Si2. The number of hydrogen-bond acceptors (Lipinski definition) is 0. The highest BCUT2D eigenvalue weighted by atomic mass is 29.2. The third kappa shape index (κ3) is 1.74. The van der Waals surface area contributed by atoms with Crippen molar-refractivity contribution in [3.05, 3.63) is 21.5 Å². The summed E-state index contributed by atoms with van der Waals surface area (Å²) in [6, 6.07) is 0. The highest BCUT2D eigenvalue weighted by molar-refractivity contribution is 7.37. The van der Waals surface area contributed by atoms with Gasteiger partial charge in [-0.25, -0.2) is 0 Å². The first-order chi connectivity index (χ1) is 5.76. The van der Waals surface area contributed by atoms with Crippen LogP contribution in [0.2, 0.25) is 19.6 Å². The van der Waals surface area contributed by atoms with Gasteiger partial charge in [-0.05, 0) is 27.7 Å². The minimum atomic E-state index is -0.948. The van der Waals surface area contributed by atoms with E-state index in [9.17, 15) is 0 Å². The Morgan fingerprint density at radius 2 is 1.08 bits per heavy atom. The molecule has 1 aliphatic rings. The summed E-state index contributed by atoms with van der Waals surface area (Å²) in [7, 11) is -1.23. The Bertz CT molecular complexity index is 266. The van der Waals surface area contributed by atoms with Gasteiger partial charge in [-0.3, -0.25) is 0 Å². The topological polar surface area (TPSA) is 0 Å². The molecular weight excluding hydrogens is 188 g/mol. The molecule has 0 fully saturated rings. The maximum Gasteiger partial charge on any atom is 0.101 e. The SMILES string of the molecule is CC1=C(C)[Si]([Si](C)(C)C)C(C)=C1C. The van der Waals surface area contributed by atoms with Gasteiger partial charge in [-0.15, -0.1) is 0 Å². The van der Waals surface area contributed by atoms with Crippen LogP contribution in [0, 0.1) is 0 Å². The fourth-order valence-corrected chi connectivity index (χ4v) is 14.2. The molecule has 13 heavy (non-hydrogen) atoms. The zero-order valence-electron chi connectivity index (χ0n) is 10.0. The first-order valence-corrected chi connectivity index (χ1v) is 11.0. The molecule has 0 saturated carbocycles. The van der Waals surface area contributed by atoms with Crippen molar-refractivity contribution in [1.29, 1.82) is 0 Å². The molecule has 0 aromatic heterocycles. The van der Waals surface area contributed by atoms with E-state index in [-0.39, 0.29) is 8.31 Å². The van der Waals surface area contributed by atoms with Crippen LogP contribution < -0.4 is 0 Å². The predicted molar refractivity (Wildman–Crippen MR) is 65.8 cm³/mol. The van der Waals surface area contributed by atoms with E-state index in [1.807, 2.05) is 0 Å². The van der Waals surface area contributed by atoms with E-state index < -0.39 is 7.59 Å². The highest BCUT2D eigenvalue weighted by Crippen LogP contribution is 2.34. The van der Waals surface area contributed by atoms with E-state index >= 15 is 0 Å². The van der Waals surface area contributed by atoms with Crippen molar-refractivity contribution in [2.75, 3.05) is 0 Å². The Hall–Kier alpha value is -0.0862. The largest absolute Gasteiger partial charge is 0.101 e. The number of allylic oxidation sites excluding steroid dienone is 4. The second-order valence-corrected chi connectivity index (χ2v) is 17.9. The van der Waals surface area contributed by atoms with Crippen LogP contribution in [-0.4, -0.2) is 15.9 Å². The van der Waals surface area contributed by atoms with E-state index in [0.717, 1.165) is 0 Å². The lowest BCUT2D eigenvalue weighted by molar-refractivity contribution is 1.31. The van der Waals surface area contributed by atoms with Crippen molar-refractivity contribution in [1.82, 2.24) is 0 Å². The van der Waals surface area contributed by atoms with Gasteiger partial charge in [-0.2, -0.15) is 0 Å². The van der Waals surface area contributed by atoms with Crippen molar-refractivity contribution in [2.45, 2.75) is 47.3 Å². The summed E-state index contributed by atoms with van der Waals surface area (Å²) in [6.45, 7) is 16.9. The summed E-state index contributed by atoms with van der Waals surface area (Å²) >= 11 is 0. The quantitative estimate of drug-likeness (QED) is 0.578. The van der Waals surface area contributed by atoms with Crippen LogP contribution in [0.25, 0.3) is 0 Å². The molecule has 0 spiro atoms. The maximum absolute atomic E-state index is 2.51. The van der Waals surface area contributed by atoms with Crippen LogP contribution >= 0.6 is 0 Å². The number of hydrogen-bond donors (Lipinski definition) is 0. The average Bonchev–Trinajstić information content (AvgIpc) is 2.14. The van der Waals surface area contributed by atoms with Crippen molar-refractivity contribution < 1.29 is 0 Å². The fraction of sp³-hybridized carbons (Fsp3) is 0.636. The molecule has 73 valence electrons. The van der Waals surface area contributed by atoms with Crippen LogP contribution in [0.3, 0.4) is 0 Å². The third-order valence-electron chi connectivity index (χ3n) is 3.19. The molecule has 0 atom stereocenters. The molecule has 0 bridgehead atoms. The minimum absolute atomic E-state index is 0.282. The summed E-state index contributed by atoms with van der Waals surface area (Å²) in [5.74, 6) is 0. The van der Waals surface area contributed by atoms with Crippen molar-refractivity contribution in [2.24, 2.45) is 0 Å². The minimum Gasteiger partial charge on any atom is -0.0803 e. The van der Waals surface area contributed by atoms with Crippen molar-refractivity contribution >= 4 is 15.9 Å². The summed E-state index contributed by atoms with van der Waals surface area (Å²) in [5.41, 5.74) is 3.18. The van der Waals surface area contributed by atoms with Gasteiger partial charge in [0.1, 0.15) is 8.31 Å². The van der Waals surface area contributed by atoms with Gasteiger partial charge in [0.15, 0.2) is 0 Å². The van der Waals surface area contributed by atoms with Crippen LogP contribution in [-0.2, 0) is 0 Å². The number of rotatable bonds is 1. The zero-order chi connectivity index (χ0) is 10.4. The highest BCUT2D eigenvalue weighted by Gasteiger charge is 2.36. The molecule has 0 saturated heterocycles. The molecule has 1 rings (SSSR count). The van der Waals surface area contributed by atoms with Crippen molar-refractivity contribution in [3.63, 3.8) is 0 Å². The van der Waals surface area contributed by atoms with E-state index in [2.05, 4.69) is 47.3 Å². The molecule has 0 amide bonds. The van der Waals surface area contributed by atoms with Crippen LogP contribution in [0.5, 0.6) is 0 Å². The first-order valence-electron chi connectivity index (χ1n) is 5.00. The smallest absolute Gasteiger partial charge is 0.0803 e. The molecule has 0 aliphatic carbocycles. The lowest BCUT2D eigenvalue weighted by Gasteiger charge is -2.26. The second kappa shape index (κ2) is 3.24. The summed E-state index contributed by atoms with van der Waals surface area (Å²) in [6.07, 6.45) is 0. The molecule has 0 nitrogen and oxygen atoms in total. The van der Waals surface area contributed by atoms with Crippen LogP contribution in [0.4, 0.5) is 0 Å². The monoisotopic (exact) mass is 209 g/mol. The molecule has 2 heteroatoms. The van der Waals surface area contributed by atoms with E-state index in [0.29, 0.717) is 0 Å². The van der Waals surface area contributed by atoms with Gasteiger partial charge in [0.05, 0.1) is 0 Å². The molecule has 0 aromatic carbocycles. The first kappa shape index (κ1) is 11.0. The lowest BCUT2D eigenvalue weighted by atomic mass is 10.1. The third-order valence-corrected chi connectivity index (χ3v) is 13.7. The predicted octanol–water partition coefficient (Wildman–Crippen LogP) is 3.66. The molecule has 1 aliphatic heterocycles. The van der Waals surface area contributed by atoms with Crippen molar-refractivity contribution in [3.8, 4) is 0 Å². The fourth-order valence-electron chi connectivity index (χ4n) is 2.34. The molecule has 1 radical (unpaired) electrons. The van der Waals surface area contributed by atoms with Crippen LogP contribution in [0.15, 0.2) is 21.5 Å². The normalized spacial score (nSPS) is 20.5. The Labute approximate surface area is 85.2 Å². The maximum atomic E-state index is 2.51. The van der Waals surface area contributed by atoms with E-state index in [1.165, 1.54) is 0 Å². The van der Waals surface area contributed by atoms with Gasteiger partial charge >= 0.3 is 0 Å². The Kier molecular flexibility index (Phi) is 2.74. The molecule has 0 N–H and O–H groups in total. The summed E-state index contributed by atoms with van der Waals surface area (Å²) in [5, 5.41) is 3.47. The standard InChI is InChI=1S/C11H21Si2/c1-8-9(2)11(4)12(10(8)3)13(5,6)7/h1-7H3. The summed E-state index contributed by atoms with van der Waals surface area (Å²) in [4.78, 5) is 0. The zero-order valence-corrected chi connectivity index (χ0v) is 12.0. The van der Waals surface area contributed by atoms with Gasteiger partial charge in [0, 0.05) is 7.59 Å². The van der Waals surface area contributed by atoms with Crippen LogP contribution in [0.1, 0.15) is 27.7 Å². The van der Waals surface area contributed by atoms with Gasteiger partial charge < -0.3 is 0 Å². The molecule has 0 unspecified atom stereocenters.